The van der Waals surface area contributed by atoms with Gasteiger partial charge in [0.05, 0.1) is 0 Å². The molecule has 0 bridgehead atoms. The first kappa shape index (κ1) is 9.60. The van der Waals surface area contributed by atoms with Crippen LogP contribution in [0, 0.1) is 3.57 Å². The first-order valence-electron chi connectivity index (χ1n) is 4.07. The maximum atomic E-state index is 9.00. The Morgan fingerprint density at radius 2 is 2.00 bits per heavy atom. The van der Waals surface area contributed by atoms with Crippen molar-refractivity contribution >= 4 is 22.6 Å². The van der Waals surface area contributed by atoms with Gasteiger partial charge in [0, 0.05) is 9.26 Å². The van der Waals surface area contributed by atoms with E-state index in [1.165, 1.54) is 3.57 Å². The third kappa shape index (κ3) is 1.78. The van der Waals surface area contributed by atoms with Crippen LogP contribution in [0.15, 0.2) is 30.6 Å². The Hall–Kier alpha value is -0.950. The number of hydrogen-bond acceptors (Lipinski definition) is 3. The van der Waals surface area contributed by atoms with Crippen LogP contribution in [0.4, 0.5) is 0 Å². The highest BCUT2D eigenvalue weighted by atomic mass is 127. The summed E-state index contributed by atoms with van der Waals surface area (Å²) in [6.45, 7) is -0.105. The Morgan fingerprint density at radius 1 is 1.29 bits per heavy atom. The lowest BCUT2D eigenvalue weighted by atomic mass is 10.3. The molecule has 5 heteroatoms. The Morgan fingerprint density at radius 3 is 2.64 bits per heavy atom. The highest BCUT2D eigenvalue weighted by molar-refractivity contribution is 14.1. The van der Waals surface area contributed by atoms with Crippen LogP contribution in [0.2, 0.25) is 0 Å². The molecule has 1 aromatic heterocycles. The average molecular weight is 301 g/mol. The van der Waals surface area contributed by atoms with E-state index >= 15 is 0 Å². The molecule has 14 heavy (non-hydrogen) atoms. The average Bonchev–Trinajstić information content (AvgIpc) is 2.67. The van der Waals surface area contributed by atoms with Crippen molar-refractivity contribution in [3.8, 4) is 5.69 Å². The van der Waals surface area contributed by atoms with Crippen LogP contribution in [0.25, 0.3) is 5.69 Å². The van der Waals surface area contributed by atoms with Crippen molar-refractivity contribution in [3.05, 3.63) is 40.0 Å². The minimum absolute atomic E-state index is 0.105. The van der Waals surface area contributed by atoms with Gasteiger partial charge in [-0.2, -0.15) is 0 Å². The molecule has 0 aliphatic rings. The smallest absolute Gasteiger partial charge is 0.163 e. The van der Waals surface area contributed by atoms with E-state index in [-0.39, 0.29) is 6.61 Å². The van der Waals surface area contributed by atoms with Gasteiger partial charge in [-0.3, -0.25) is 4.57 Å². The molecule has 72 valence electrons. The number of benzene rings is 1. The number of halogens is 1. The second-order valence-corrected chi connectivity index (χ2v) is 4.00. The molecule has 2 aromatic rings. The van der Waals surface area contributed by atoms with Gasteiger partial charge in [-0.05, 0) is 46.9 Å². The van der Waals surface area contributed by atoms with Crippen molar-refractivity contribution in [1.82, 2.24) is 14.8 Å². The Bertz CT molecular complexity index is 424. The Kier molecular flexibility index (Phi) is 2.78. The molecule has 1 heterocycles. The third-order valence-electron chi connectivity index (χ3n) is 1.86. The lowest BCUT2D eigenvalue weighted by Crippen LogP contribution is -1.99. The fourth-order valence-electron chi connectivity index (χ4n) is 1.18. The molecule has 0 aliphatic heterocycles. The van der Waals surface area contributed by atoms with Gasteiger partial charge in [0.2, 0.25) is 0 Å². The first-order chi connectivity index (χ1) is 6.81. The molecular weight excluding hydrogens is 293 g/mol. The van der Waals surface area contributed by atoms with Crippen LogP contribution in [0.3, 0.4) is 0 Å². The fourth-order valence-corrected chi connectivity index (χ4v) is 1.54. The predicted molar refractivity (Wildman–Crippen MR) is 60.0 cm³/mol. The molecule has 1 aromatic carbocycles. The van der Waals surface area contributed by atoms with Crippen molar-refractivity contribution in [2.24, 2.45) is 0 Å². The van der Waals surface area contributed by atoms with Gasteiger partial charge in [0.15, 0.2) is 5.82 Å². The molecule has 0 saturated heterocycles. The molecule has 1 N–H and O–H groups in total. The zero-order chi connectivity index (χ0) is 9.97. The van der Waals surface area contributed by atoms with Gasteiger partial charge in [-0.1, -0.05) is 0 Å². The van der Waals surface area contributed by atoms with Crippen LogP contribution in [0.5, 0.6) is 0 Å². The molecule has 4 nitrogen and oxygen atoms in total. The molecule has 0 fully saturated rings. The Balaban J connectivity index is 2.44. The summed E-state index contributed by atoms with van der Waals surface area (Å²) in [5.74, 6) is 0.547. The van der Waals surface area contributed by atoms with Gasteiger partial charge in [-0.15, -0.1) is 10.2 Å². The normalized spacial score (nSPS) is 10.4. The van der Waals surface area contributed by atoms with Crippen LogP contribution >= 0.6 is 22.6 Å². The molecular formula is C9H8IN3O. The quantitative estimate of drug-likeness (QED) is 0.852. The SMILES string of the molecule is OCc1nncn1-c1ccc(I)cc1. The maximum Gasteiger partial charge on any atom is 0.163 e. The highest BCUT2D eigenvalue weighted by Crippen LogP contribution is 2.12. The summed E-state index contributed by atoms with van der Waals surface area (Å²) in [5.41, 5.74) is 0.958. The van der Waals surface area contributed by atoms with Crippen molar-refractivity contribution in [3.63, 3.8) is 0 Å². The van der Waals surface area contributed by atoms with E-state index in [0.717, 1.165) is 5.69 Å². The summed E-state index contributed by atoms with van der Waals surface area (Å²) in [7, 11) is 0. The summed E-state index contributed by atoms with van der Waals surface area (Å²) in [6.07, 6.45) is 1.59. The molecule has 2 rings (SSSR count). The number of nitrogens with zero attached hydrogens (tertiary/aromatic N) is 3. The molecule has 0 atom stereocenters. The van der Waals surface area contributed by atoms with Crippen molar-refractivity contribution < 1.29 is 5.11 Å². The minimum atomic E-state index is -0.105. The summed E-state index contributed by atoms with van der Waals surface area (Å²) in [6, 6.07) is 7.92. The lowest BCUT2D eigenvalue weighted by molar-refractivity contribution is 0.269. The summed E-state index contributed by atoms with van der Waals surface area (Å²) in [4.78, 5) is 0. The van der Waals surface area contributed by atoms with E-state index in [9.17, 15) is 0 Å². The van der Waals surface area contributed by atoms with Gasteiger partial charge in [-0.25, -0.2) is 0 Å². The Labute approximate surface area is 94.7 Å². The number of aliphatic hydroxyl groups is 1. The second kappa shape index (κ2) is 4.05. The summed E-state index contributed by atoms with van der Waals surface area (Å²) < 4.78 is 2.93. The van der Waals surface area contributed by atoms with E-state index < -0.39 is 0 Å². The minimum Gasteiger partial charge on any atom is -0.388 e. The van der Waals surface area contributed by atoms with Gasteiger partial charge < -0.3 is 5.11 Å². The van der Waals surface area contributed by atoms with Gasteiger partial charge in [0.25, 0.3) is 0 Å². The first-order valence-corrected chi connectivity index (χ1v) is 5.15. The topological polar surface area (TPSA) is 50.9 Å². The van der Waals surface area contributed by atoms with E-state index in [1.807, 2.05) is 24.3 Å². The number of rotatable bonds is 2. The maximum absolute atomic E-state index is 9.00. The van der Waals surface area contributed by atoms with E-state index in [0.29, 0.717) is 5.82 Å². The number of aromatic nitrogens is 3. The van der Waals surface area contributed by atoms with Gasteiger partial charge >= 0.3 is 0 Å². The van der Waals surface area contributed by atoms with Gasteiger partial charge in [0.1, 0.15) is 12.9 Å². The van der Waals surface area contributed by atoms with Crippen molar-refractivity contribution in [2.45, 2.75) is 6.61 Å². The standard InChI is InChI=1S/C9H8IN3O/c10-7-1-3-8(4-2-7)13-6-11-12-9(13)5-14/h1-4,6,14H,5H2. The molecule has 0 aliphatic carbocycles. The van der Waals surface area contributed by atoms with Crippen LogP contribution < -0.4 is 0 Å². The number of aliphatic hydroxyl groups excluding tert-OH is 1. The summed E-state index contributed by atoms with van der Waals surface area (Å²) >= 11 is 2.24. The van der Waals surface area contributed by atoms with Crippen LogP contribution in [0.1, 0.15) is 5.82 Å². The molecule has 0 radical (unpaired) electrons. The largest absolute Gasteiger partial charge is 0.388 e. The molecule has 0 saturated carbocycles. The predicted octanol–water partition coefficient (Wildman–Crippen LogP) is 1.36. The third-order valence-corrected chi connectivity index (χ3v) is 2.58. The van der Waals surface area contributed by atoms with Crippen molar-refractivity contribution in [2.75, 3.05) is 0 Å². The zero-order valence-electron chi connectivity index (χ0n) is 7.26. The highest BCUT2D eigenvalue weighted by Gasteiger charge is 2.03. The fraction of sp³-hybridized carbons (Fsp3) is 0.111. The zero-order valence-corrected chi connectivity index (χ0v) is 9.42. The van der Waals surface area contributed by atoms with Crippen molar-refractivity contribution in [1.29, 1.82) is 0 Å². The summed E-state index contributed by atoms with van der Waals surface area (Å²) in [5, 5.41) is 16.5. The lowest BCUT2D eigenvalue weighted by Gasteiger charge is -2.03. The van der Waals surface area contributed by atoms with Crippen LogP contribution in [-0.2, 0) is 6.61 Å². The monoisotopic (exact) mass is 301 g/mol. The second-order valence-electron chi connectivity index (χ2n) is 2.75. The van der Waals surface area contributed by atoms with Crippen LogP contribution in [-0.4, -0.2) is 19.9 Å². The van der Waals surface area contributed by atoms with E-state index in [1.54, 1.807) is 10.9 Å². The molecule has 0 spiro atoms. The van der Waals surface area contributed by atoms with E-state index in [4.69, 9.17) is 5.11 Å². The number of hydrogen-bond donors (Lipinski definition) is 1. The van der Waals surface area contributed by atoms with E-state index in [2.05, 4.69) is 32.8 Å². The molecule has 0 unspecified atom stereocenters. The molecule has 0 amide bonds.